The third-order valence-electron chi connectivity index (χ3n) is 1.89. The van der Waals surface area contributed by atoms with Gasteiger partial charge in [0, 0.05) is 17.5 Å². The summed E-state index contributed by atoms with van der Waals surface area (Å²) >= 11 is 5.93. The van der Waals surface area contributed by atoms with E-state index >= 15 is 0 Å². The second kappa shape index (κ2) is 3.24. The van der Waals surface area contributed by atoms with Crippen LogP contribution in [0.3, 0.4) is 0 Å². The van der Waals surface area contributed by atoms with Crippen LogP contribution < -0.4 is 4.74 Å². The molecule has 0 unspecified atom stereocenters. The van der Waals surface area contributed by atoms with Gasteiger partial charge in [-0.15, -0.1) is 0 Å². The Morgan fingerprint density at radius 2 is 2.21 bits per heavy atom. The second-order valence-corrected chi connectivity index (χ2v) is 3.16. The van der Waals surface area contributed by atoms with Gasteiger partial charge in [0.25, 0.3) is 0 Å². The smallest absolute Gasteiger partial charge is 0.204 e. The molecule has 0 radical (unpaired) electrons. The maximum absolute atomic E-state index is 8.64. The van der Waals surface area contributed by atoms with Gasteiger partial charge in [-0.1, -0.05) is 11.6 Å². The van der Waals surface area contributed by atoms with E-state index < -0.39 is 0 Å². The van der Waals surface area contributed by atoms with Crippen LogP contribution in [-0.2, 0) is 0 Å². The quantitative estimate of drug-likeness (QED) is 0.722. The van der Waals surface area contributed by atoms with Crippen molar-refractivity contribution in [1.82, 2.24) is 0 Å². The molecule has 3 nitrogen and oxygen atoms in total. The van der Waals surface area contributed by atoms with Gasteiger partial charge in [0.2, 0.25) is 5.76 Å². The summed E-state index contributed by atoms with van der Waals surface area (Å²) in [4.78, 5) is 0. The zero-order valence-corrected chi connectivity index (χ0v) is 8.13. The van der Waals surface area contributed by atoms with Crippen LogP contribution in [0.5, 0.6) is 5.75 Å². The van der Waals surface area contributed by atoms with Gasteiger partial charge in [-0.25, -0.2) is 0 Å². The number of nitriles is 1. The summed E-state index contributed by atoms with van der Waals surface area (Å²) in [7, 11) is 1.56. The lowest BCUT2D eigenvalue weighted by atomic mass is 10.2. The molecule has 0 aliphatic rings. The minimum Gasteiger partial charge on any atom is -0.497 e. The van der Waals surface area contributed by atoms with Crippen LogP contribution in [0.4, 0.5) is 0 Å². The van der Waals surface area contributed by atoms with E-state index in [1.165, 1.54) is 0 Å². The summed E-state index contributed by atoms with van der Waals surface area (Å²) in [6, 6.07) is 6.96. The van der Waals surface area contributed by atoms with Gasteiger partial charge in [-0.3, -0.25) is 0 Å². The highest BCUT2D eigenvalue weighted by Gasteiger charge is 2.08. The Balaban J connectivity index is 2.75. The van der Waals surface area contributed by atoms with Crippen LogP contribution in [0.2, 0.25) is 5.02 Å². The first-order valence-electron chi connectivity index (χ1n) is 3.92. The molecular formula is C10H6ClNO2. The summed E-state index contributed by atoms with van der Waals surface area (Å²) in [5, 5.41) is 9.85. The summed E-state index contributed by atoms with van der Waals surface area (Å²) in [6.45, 7) is 0. The lowest BCUT2D eigenvalue weighted by Gasteiger charge is -1.99. The first kappa shape index (κ1) is 8.92. The minimum atomic E-state index is 0.246. The lowest BCUT2D eigenvalue weighted by molar-refractivity contribution is 0.415. The monoisotopic (exact) mass is 207 g/mol. The van der Waals surface area contributed by atoms with E-state index in [0.717, 1.165) is 5.39 Å². The molecule has 0 aliphatic carbocycles. The van der Waals surface area contributed by atoms with E-state index in [2.05, 4.69) is 0 Å². The highest BCUT2D eigenvalue weighted by Crippen LogP contribution is 2.31. The Kier molecular flexibility index (Phi) is 2.06. The predicted molar refractivity (Wildman–Crippen MR) is 52.5 cm³/mol. The van der Waals surface area contributed by atoms with Gasteiger partial charge in [-0.05, 0) is 6.07 Å². The standard InChI is InChI=1S/C10H6ClNO2/c1-13-7-2-6-3-8(5-12)14-10(6)9(11)4-7/h2-4H,1H3. The van der Waals surface area contributed by atoms with Crippen LogP contribution in [0, 0.1) is 11.3 Å². The predicted octanol–water partition coefficient (Wildman–Crippen LogP) is 2.97. The van der Waals surface area contributed by atoms with Gasteiger partial charge in [-0.2, -0.15) is 5.26 Å². The molecule has 0 amide bonds. The summed E-state index contributed by atoms with van der Waals surface area (Å²) in [5.74, 6) is 0.892. The van der Waals surface area contributed by atoms with Gasteiger partial charge < -0.3 is 9.15 Å². The highest BCUT2D eigenvalue weighted by atomic mass is 35.5. The Labute approximate surface area is 85.4 Å². The normalized spacial score (nSPS) is 10.1. The van der Waals surface area contributed by atoms with Crippen LogP contribution in [0.1, 0.15) is 5.76 Å². The molecule has 0 saturated heterocycles. The molecule has 1 heterocycles. The minimum absolute atomic E-state index is 0.246. The van der Waals surface area contributed by atoms with E-state index in [1.807, 2.05) is 6.07 Å². The number of hydrogen-bond donors (Lipinski definition) is 0. The number of fused-ring (bicyclic) bond motifs is 1. The van der Waals surface area contributed by atoms with Crippen molar-refractivity contribution in [3.8, 4) is 11.8 Å². The fourth-order valence-electron chi connectivity index (χ4n) is 1.26. The summed E-state index contributed by atoms with van der Waals surface area (Å²) < 4.78 is 10.2. The molecule has 0 saturated carbocycles. The van der Waals surface area contributed by atoms with Gasteiger partial charge in [0.1, 0.15) is 11.8 Å². The molecule has 0 atom stereocenters. The maximum Gasteiger partial charge on any atom is 0.204 e. The van der Waals surface area contributed by atoms with Gasteiger partial charge in [0.15, 0.2) is 5.58 Å². The van der Waals surface area contributed by atoms with Crippen LogP contribution in [-0.4, -0.2) is 7.11 Å². The molecule has 2 rings (SSSR count). The molecule has 0 fully saturated rings. The Morgan fingerprint density at radius 1 is 1.43 bits per heavy atom. The zero-order chi connectivity index (χ0) is 10.1. The number of rotatable bonds is 1. The number of nitrogens with zero attached hydrogens (tertiary/aromatic N) is 1. The van der Waals surface area contributed by atoms with E-state index in [-0.39, 0.29) is 5.76 Å². The Bertz CT molecular complexity index is 525. The maximum atomic E-state index is 8.64. The number of ether oxygens (including phenoxy) is 1. The van der Waals surface area contributed by atoms with Crippen molar-refractivity contribution >= 4 is 22.6 Å². The number of halogens is 1. The summed E-state index contributed by atoms with van der Waals surface area (Å²) in [5.41, 5.74) is 0.518. The van der Waals surface area contributed by atoms with Crippen molar-refractivity contribution < 1.29 is 9.15 Å². The Hall–Kier alpha value is -1.66. The highest BCUT2D eigenvalue weighted by molar-refractivity contribution is 6.35. The van der Waals surface area contributed by atoms with Gasteiger partial charge in [0.05, 0.1) is 12.1 Å². The average molecular weight is 208 g/mol. The lowest BCUT2D eigenvalue weighted by Crippen LogP contribution is -1.81. The first-order valence-corrected chi connectivity index (χ1v) is 4.29. The SMILES string of the molecule is COc1cc(Cl)c2oc(C#N)cc2c1. The van der Waals surface area contributed by atoms with Crippen LogP contribution >= 0.6 is 11.6 Å². The number of benzene rings is 1. The van der Waals surface area contributed by atoms with Crippen molar-refractivity contribution in [1.29, 1.82) is 5.26 Å². The second-order valence-electron chi connectivity index (χ2n) is 2.75. The molecule has 0 N–H and O–H groups in total. The molecule has 1 aromatic heterocycles. The topological polar surface area (TPSA) is 46.2 Å². The van der Waals surface area contributed by atoms with E-state index in [1.54, 1.807) is 25.3 Å². The molecular weight excluding hydrogens is 202 g/mol. The molecule has 0 aliphatic heterocycles. The molecule has 14 heavy (non-hydrogen) atoms. The van der Waals surface area contributed by atoms with Crippen molar-refractivity contribution in [2.45, 2.75) is 0 Å². The van der Waals surface area contributed by atoms with Crippen molar-refractivity contribution in [3.05, 3.63) is 29.0 Å². The fraction of sp³-hybridized carbons (Fsp3) is 0.100. The molecule has 2 aromatic rings. The largest absolute Gasteiger partial charge is 0.497 e. The average Bonchev–Trinajstić information content (AvgIpc) is 2.61. The third-order valence-corrected chi connectivity index (χ3v) is 2.17. The van der Waals surface area contributed by atoms with E-state index in [0.29, 0.717) is 16.4 Å². The van der Waals surface area contributed by atoms with Crippen molar-refractivity contribution in [3.63, 3.8) is 0 Å². The fourth-order valence-corrected chi connectivity index (χ4v) is 1.51. The van der Waals surface area contributed by atoms with Crippen LogP contribution in [0.15, 0.2) is 22.6 Å². The number of furan rings is 1. The molecule has 4 heteroatoms. The van der Waals surface area contributed by atoms with Gasteiger partial charge >= 0.3 is 0 Å². The molecule has 1 aromatic carbocycles. The number of hydrogen-bond acceptors (Lipinski definition) is 3. The number of methoxy groups -OCH3 is 1. The molecule has 0 bridgehead atoms. The van der Waals surface area contributed by atoms with Crippen molar-refractivity contribution in [2.24, 2.45) is 0 Å². The first-order chi connectivity index (χ1) is 6.74. The third kappa shape index (κ3) is 1.30. The molecule has 70 valence electrons. The molecule has 0 spiro atoms. The van der Waals surface area contributed by atoms with Crippen molar-refractivity contribution in [2.75, 3.05) is 7.11 Å². The van der Waals surface area contributed by atoms with Crippen LogP contribution in [0.25, 0.3) is 11.0 Å². The van der Waals surface area contributed by atoms with E-state index in [4.69, 9.17) is 26.0 Å². The van der Waals surface area contributed by atoms with E-state index in [9.17, 15) is 0 Å². The Morgan fingerprint density at radius 3 is 2.86 bits per heavy atom. The zero-order valence-electron chi connectivity index (χ0n) is 7.37. The summed E-state index contributed by atoms with van der Waals surface area (Å²) in [6.07, 6.45) is 0.